The summed E-state index contributed by atoms with van der Waals surface area (Å²) in [7, 11) is -3.68. The lowest BCUT2D eigenvalue weighted by Gasteiger charge is -2.16. The molecule has 2 aromatic carbocycles. The summed E-state index contributed by atoms with van der Waals surface area (Å²) in [6, 6.07) is 10.3. The number of hydrogen-bond donors (Lipinski definition) is 1. The lowest BCUT2D eigenvalue weighted by atomic mass is 10.2. The topological polar surface area (TPSA) is 75.7 Å². The molecular formula is C19H21FN2O4S. The molecule has 27 heavy (non-hydrogen) atoms. The Balaban J connectivity index is 1.60. The molecule has 0 radical (unpaired) electrons. The Morgan fingerprint density at radius 2 is 1.96 bits per heavy atom. The molecule has 8 heteroatoms. The number of hydrogen-bond acceptors (Lipinski definition) is 4. The Labute approximate surface area is 158 Å². The molecule has 6 nitrogen and oxygen atoms in total. The summed E-state index contributed by atoms with van der Waals surface area (Å²) >= 11 is 0. The van der Waals surface area contributed by atoms with Gasteiger partial charge in [-0.3, -0.25) is 4.79 Å². The summed E-state index contributed by atoms with van der Waals surface area (Å²) in [5.41, 5.74) is 1.63. The molecule has 0 aliphatic carbocycles. The van der Waals surface area contributed by atoms with E-state index in [-0.39, 0.29) is 29.8 Å². The Hall–Kier alpha value is -2.45. The van der Waals surface area contributed by atoms with Crippen molar-refractivity contribution in [2.75, 3.05) is 24.6 Å². The van der Waals surface area contributed by atoms with Crippen molar-refractivity contribution >= 4 is 21.6 Å². The van der Waals surface area contributed by atoms with Crippen LogP contribution in [0.3, 0.4) is 0 Å². The summed E-state index contributed by atoms with van der Waals surface area (Å²) in [5.74, 6) is 0.133. The van der Waals surface area contributed by atoms with Gasteiger partial charge in [-0.15, -0.1) is 0 Å². The molecule has 0 spiro atoms. The van der Waals surface area contributed by atoms with E-state index in [4.69, 9.17) is 4.74 Å². The molecule has 0 fully saturated rings. The van der Waals surface area contributed by atoms with Crippen molar-refractivity contribution in [3.8, 4) is 5.75 Å². The zero-order valence-electron chi connectivity index (χ0n) is 14.9. The highest BCUT2D eigenvalue weighted by atomic mass is 32.2. The van der Waals surface area contributed by atoms with Crippen molar-refractivity contribution in [1.29, 1.82) is 0 Å². The molecule has 1 amide bonds. The molecule has 0 atom stereocenters. The van der Waals surface area contributed by atoms with Crippen LogP contribution < -0.4 is 14.4 Å². The van der Waals surface area contributed by atoms with E-state index in [2.05, 4.69) is 4.72 Å². The zero-order valence-corrected chi connectivity index (χ0v) is 15.8. The van der Waals surface area contributed by atoms with Crippen LogP contribution in [-0.4, -0.2) is 34.0 Å². The molecule has 1 heterocycles. The van der Waals surface area contributed by atoms with Crippen LogP contribution in [-0.2, 0) is 21.2 Å². The highest BCUT2D eigenvalue weighted by molar-refractivity contribution is 7.89. The molecule has 1 aliphatic rings. The van der Waals surface area contributed by atoms with Gasteiger partial charge in [0.15, 0.2) is 0 Å². The number of carbonyl (C=O) groups excluding carboxylic acids is 1. The van der Waals surface area contributed by atoms with Gasteiger partial charge >= 0.3 is 0 Å². The van der Waals surface area contributed by atoms with Crippen LogP contribution in [0.4, 0.5) is 10.1 Å². The number of rotatable bonds is 7. The molecular weight excluding hydrogens is 371 g/mol. The minimum Gasteiger partial charge on any atom is -0.492 e. The predicted octanol–water partition coefficient (Wildman–Crippen LogP) is 2.48. The van der Waals surface area contributed by atoms with Crippen LogP contribution in [0.5, 0.6) is 5.75 Å². The second-order valence-electron chi connectivity index (χ2n) is 6.14. The number of anilines is 1. The normalized spacial score (nSPS) is 13.5. The van der Waals surface area contributed by atoms with Gasteiger partial charge in [0.05, 0.1) is 4.90 Å². The third-order valence-electron chi connectivity index (χ3n) is 4.34. The van der Waals surface area contributed by atoms with E-state index < -0.39 is 10.0 Å². The van der Waals surface area contributed by atoms with Crippen molar-refractivity contribution in [3.05, 3.63) is 53.8 Å². The predicted molar refractivity (Wildman–Crippen MR) is 99.9 cm³/mol. The third-order valence-corrected chi connectivity index (χ3v) is 5.80. The number of nitrogens with zero attached hydrogens (tertiary/aromatic N) is 1. The number of carbonyl (C=O) groups is 1. The van der Waals surface area contributed by atoms with Gasteiger partial charge in [0.25, 0.3) is 0 Å². The maximum absolute atomic E-state index is 12.8. The van der Waals surface area contributed by atoms with Crippen LogP contribution in [0.1, 0.15) is 18.9 Å². The van der Waals surface area contributed by atoms with Crippen LogP contribution in [0.15, 0.2) is 47.4 Å². The molecule has 1 N–H and O–H groups in total. The zero-order chi connectivity index (χ0) is 19.4. The van der Waals surface area contributed by atoms with E-state index in [1.165, 1.54) is 30.3 Å². The number of ether oxygens (including phenoxy) is 1. The van der Waals surface area contributed by atoms with Gasteiger partial charge in [0, 0.05) is 25.2 Å². The van der Waals surface area contributed by atoms with Gasteiger partial charge in [-0.2, -0.15) is 0 Å². The molecule has 1 aliphatic heterocycles. The number of nitrogens with one attached hydrogen (secondary N) is 1. The molecule has 0 saturated carbocycles. The lowest BCUT2D eigenvalue weighted by molar-refractivity contribution is -0.118. The van der Waals surface area contributed by atoms with Crippen molar-refractivity contribution < 1.29 is 22.3 Å². The first-order chi connectivity index (χ1) is 12.9. The standard InChI is InChI=1S/C19H21FN2O4S/c1-2-19(23)22-11-9-14-13-17(7-8-18(14)22)27(24,25)21-10-12-26-16-5-3-15(20)4-6-16/h3-8,13,21H,2,9-12H2,1H3. The Bertz CT molecular complexity index is 929. The van der Waals surface area contributed by atoms with Crippen LogP contribution in [0.25, 0.3) is 0 Å². The summed E-state index contributed by atoms with van der Waals surface area (Å²) in [5, 5.41) is 0. The number of benzene rings is 2. The molecule has 0 bridgehead atoms. The van der Waals surface area contributed by atoms with Crippen molar-refractivity contribution in [2.24, 2.45) is 0 Å². The van der Waals surface area contributed by atoms with Crippen molar-refractivity contribution in [2.45, 2.75) is 24.7 Å². The van der Waals surface area contributed by atoms with E-state index >= 15 is 0 Å². The smallest absolute Gasteiger partial charge is 0.240 e. The Morgan fingerprint density at radius 1 is 1.22 bits per heavy atom. The van der Waals surface area contributed by atoms with E-state index in [0.29, 0.717) is 25.1 Å². The highest BCUT2D eigenvalue weighted by Gasteiger charge is 2.25. The summed E-state index contributed by atoms with van der Waals surface area (Å²) in [4.78, 5) is 13.8. The Morgan fingerprint density at radius 3 is 2.67 bits per heavy atom. The van der Waals surface area contributed by atoms with Gasteiger partial charge in [-0.1, -0.05) is 6.92 Å². The second kappa shape index (κ2) is 8.06. The lowest BCUT2D eigenvalue weighted by Crippen LogP contribution is -2.29. The first kappa shape index (κ1) is 19.3. The summed E-state index contributed by atoms with van der Waals surface area (Å²) in [6.45, 7) is 2.58. The fourth-order valence-electron chi connectivity index (χ4n) is 2.95. The quantitative estimate of drug-likeness (QED) is 0.735. The average molecular weight is 392 g/mol. The minimum absolute atomic E-state index is 0.0282. The Kier molecular flexibility index (Phi) is 5.76. The largest absolute Gasteiger partial charge is 0.492 e. The van der Waals surface area contributed by atoms with Crippen LogP contribution in [0, 0.1) is 5.82 Å². The van der Waals surface area contributed by atoms with Crippen LogP contribution >= 0.6 is 0 Å². The fourth-order valence-corrected chi connectivity index (χ4v) is 4.02. The van der Waals surface area contributed by atoms with Gasteiger partial charge in [0.2, 0.25) is 15.9 Å². The molecule has 144 valence electrons. The van der Waals surface area contributed by atoms with Gasteiger partial charge in [-0.25, -0.2) is 17.5 Å². The average Bonchev–Trinajstić information content (AvgIpc) is 3.09. The maximum atomic E-state index is 12.8. The second-order valence-corrected chi connectivity index (χ2v) is 7.91. The molecule has 2 aromatic rings. The molecule has 0 saturated heterocycles. The number of amides is 1. The fraction of sp³-hybridized carbons (Fsp3) is 0.316. The molecule has 0 aromatic heterocycles. The number of fused-ring (bicyclic) bond motifs is 1. The van der Waals surface area contributed by atoms with E-state index in [0.717, 1.165) is 11.3 Å². The third kappa shape index (κ3) is 4.45. The first-order valence-electron chi connectivity index (χ1n) is 8.72. The first-order valence-corrected chi connectivity index (χ1v) is 10.2. The highest BCUT2D eigenvalue weighted by Crippen LogP contribution is 2.30. The SMILES string of the molecule is CCC(=O)N1CCc2cc(S(=O)(=O)NCCOc3ccc(F)cc3)ccc21. The number of halogens is 1. The van der Waals surface area contributed by atoms with Gasteiger partial charge < -0.3 is 9.64 Å². The van der Waals surface area contributed by atoms with Gasteiger partial charge in [-0.05, 0) is 54.4 Å². The maximum Gasteiger partial charge on any atom is 0.240 e. The van der Waals surface area contributed by atoms with E-state index in [1.54, 1.807) is 24.0 Å². The van der Waals surface area contributed by atoms with Crippen LogP contribution in [0.2, 0.25) is 0 Å². The number of sulfonamides is 1. The summed E-state index contributed by atoms with van der Waals surface area (Å²) in [6.07, 6.45) is 1.05. The van der Waals surface area contributed by atoms with Gasteiger partial charge in [0.1, 0.15) is 18.2 Å². The van der Waals surface area contributed by atoms with Crippen molar-refractivity contribution in [1.82, 2.24) is 4.72 Å². The van der Waals surface area contributed by atoms with E-state index in [1.807, 2.05) is 0 Å². The van der Waals surface area contributed by atoms with E-state index in [9.17, 15) is 17.6 Å². The monoisotopic (exact) mass is 392 g/mol. The summed E-state index contributed by atoms with van der Waals surface area (Å²) < 4.78 is 45.6. The minimum atomic E-state index is -3.68. The molecule has 0 unspecified atom stereocenters. The molecule has 3 rings (SSSR count). The van der Waals surface area contributed by atoms with Crippen molar-refractivity contribution in [3.63, 3.8) is 0 Å².